The Bertz CT molecular complexity index is 502. The molecule has 0 spiro atoms. The van der Waals surface area contributed by atoms with Crippen LogP contribution in [0.15, 0.2) is 48.6 Å². The first kappa shape index (κ1) is 15.6. The highest BCUT2D eigenvalue weighted by molar-refractivity contribution is 5.87. The minimum atomic E-state index is -0.240. The molecule has 0 aromatic heterocycles. The van der Waals surface area contributed by atoms with Crippen LogP contribution in [0, 0.1) is 17.8 Å². The number of esters is 1. The summed E-state index contributed by atoms with van der Waals surface area (Å²) < 4.78 is 5.34. The van der Waals surface area contributed by atoms with Gasteiger partial charge in [-0.05, 0) is 42.2 Å². The van der Waals surface area contributed by atoms with E-state index >= 15 is 0 Å². The number of allylic oxidation sites excluding steroid dienone is 2. The van der Waals surface area contributed by atoms with E-state index in [4.69, 9.17) is 4.74 Å². The Morgan fingerprint density at radius 3 is 2.57 bits per heavy atom. The van der Waals surface area contributed by atoms with Crippen molar-refractivity contribution in [2.24, 2.45) is 17.8 Å². The lowest BCUT2D eigenvalue weighted by atomic mass is 9.95. The minimum Gasteiger partial charge on any atom is -0.462 e. The van der Waals surface area contributed by atoms with E-state index in [2.05, 4.69) is 12.2 Å². The zero-order valence-corrected chi connectivity index (χ0v) is 12.9. The minimum absolute atomic E-state index is 0.240. The second-order valence-corrected chi connectivity index (χ2v) is 5.41. The predicted molar refractivity (Wildman–Crippen MR) is 86.6 cm³/mol. The number of ether oxygens (including phenoxy) is 1. The van der Waals surface area contributed by atoms with Gasteiger partial charge >= 0.3 is 5.97 Å². The van der Waals surface area contributed by atoms with E-state index in [9.17, 15) is 4.79 Å². The zero-order chi connectivity index (χ0) is 15.1. The molecule has 112 valence electrons. The summed E-state index contributed by atoms with van der Waals surface area (Å²) in [6.07, 6.45) is 10.3. The number of benzene rings is 1. The van der Waals surface area contributed by atoms with Crippen LogP contribution in [-0.2, 0) is 9.53 Å². The highest BCUT2D eigenvalue weighted by Gasteiger charge is 2.35. The number of hydrogen-bond donors (Lipinski definition) is 0. The standard InChI is InChI=1S/C17H18O2.C2H6/c18-17(9-7-13-4-2-1-3-5-13)19-12-16-11-14-6-8-15(16)10-14;1-2/h1-9,14-16H,10-12H2;1-2H3/b9-7+;. The number of rotatable bonds is 4. The molecule has 2 aliphatic carbocycles. The number of carbonyl (C=O) groups excluding carboxylic acids is 1. The molecule has 1 fully saturated rings. The molecule has 0 radical (unpaired) electrons. The van der Waals surface area contributed by atoms with Crippen molar-refractivity contribution in [2.75, 3.05) is 6.61 Å². The molecular weight excluding hydrogens is 260 g/mol. The molecular formula is C19H24O2. The molecule has 2 heteroatoms. The van der Waals surface area contributed by atoms with Gasteiger partial charge in [-0.15, -0.1) is 0 Å². The Kier molecular flexibility index (Phi) is 5.79. The van der Waals surface area contributed by atoms with E-state index in [1.54, 1.807) is 6.08 Å². The van der Waals surface area contributed by atoms with Crippen molar-refractivity contribution in [3.05, 3.63) is 54.1 Å². The lowest BCUT2D eigenvalue weighted by Crippen LogP contribution is -2.16. The summed E-state index contributed by atoms with van der Waals surface area (Å²) in [7, 11) is 0. The monoisotopic (exact) mass is 284 g/mol. The lowest BCUT2D eigenvalue weighted by molar-refractivity contribution is -0.139. The van der Waals surface area contributed by atoms with Gasteiger partial charge in [-0.2, -0.15) is 0 Å². The Morgan fingerprint density at radius 1 is 1.19 bits per heavy atom. The van der Waals surface area contributed by atoms with Crippen LogP contribution in [0.25, 0.3) is 6.08 Å². The second-order valence-electron chi connectivity index (χ2n) is 5.41. The summed E-state index contributed by atoms with van der Waals surface area (Å²) in [6, 6.07) is 9.78. The first-order chi connectivity index (χ1) is 10.3. The maximum atomic E-state index is 11.7. The van der Waals surface area contributed by atoms with Gasteiger partial charge in [0.25, 0.3) is 0 Å². The Labute approximate surface area is 127 Å². The first-order valence-electron chi connectivity index (χ1n) is 7.89. The highest BCUT2D eigenvalue weighted by atomic mass is 16.5. The summed E-state index contributed by atoms with van der Waals surface area (Å²) in [5.41, 5.74) is 1.02. The maximum Gasteiger partial charge on any atom is 0.330 e. The van der Waals surface area contributed by atoms with Crippen LogP contribution in [0.1, 0.15) is 32.3 Å². The van der Waals surface area contributed by atoms with Crippen molar-refractivity contribution in [1.29, 1.82) is 0 Å². The largest absolute Gasteiger partial charge is 0.462 e. The van der Waals surface area contributed by atoms with E-state index in [-0.39, 0.29) is 5.97 Å². The average Bonchev–Trinajstić information content (AvgIpc) is 3.17. The van der Waals surface area contributed by atoms with E-state index in [1.807, 2.05) is 44.2 Å². The van der Waals surface area contributed by atoms with Crippen molar-refractivity contribution in [2.45, 2.75) is 26.7 Å². The van der Waals surface area contributed by atoms with Gasteiger partial charge in [-0.1, -0.05) is 56.3 Å². The van der Waals surface area contributed by atoms with E-state index < -0.39 is 0 Å². The van der Waals surface area contributed by atoms with Crippen molar-refractivity contribution in [3.8, 4) is 0 Å². The lowest BCUT2D eigenvalue weighted by Gasteiger charge is -2.17. The molecule has 1 aromatic rings. The summed E-state index contributed by atoms with van der Waals surface area (Å²) >= 11 is 0. The molecule has 21 heavy (non-hydrogen) atoms. The quantitative estimate of drug-likeness (QED) is 0.463. The van der Waals surface area contributed by atoms with E-state index in [0.717, 1.165) is 11.5 Å². The average molecular weight is 284 g/mol. The summed E-state index contributed by atoms with van der Waals surface area (Å²) in [4.78, 5) is 11.7. The maximum absolute atomic E-state index is 11.7. The first-order valence-corrected chi connectivity index (χ1v) is 7.89. The molecule has 0 saturated heterocycles. The second kappa shape index (κ2) is 7.82. The number of carbonyl (C=O) groups is 1. The molecule has 0 N–H and O–H groups in total. The molecule has 2 nitrogen and oxygen atoms in total. The van der Waals surface area contributed by atoms with Gasteiger partial charge in [-0.25, -0.2) is 4.79 Å². The molecule has 3 unspecified atom stereocenters. The predicted octanol–water partition coefficient (Wildman–Crippen LogP) is 4.48. The highest BCUT2D eigenvalue weighted by Crippen LogP contribution is 2.43. The van der Waals surface area contributed by atoms with Crippen LogP contribution in [0.5, 0.6) is 0 Å². The number of hydrogen-bond acceptors (Lipinski definition) is 2. The van der Waals surface area contributed by atoms with Crippen molar-refractivity contribution < 1.29 is 9.53 Å². The van der Waals surface area contributed by atoms with Gasteiger partial charge < -0.3 is 4.74 Å². The fraction of sp³-hybridized carbons (Fsp3) is 0.421. The van der Waals surface area contributed by atoms with Crippen LogP contribution >= 0.6 is 0 Å². The van der Waals surface area contributed by atoms with Crippen molar-refractivity contribution in [3.63, 3.8) is 0 Å². The SMILES string of the molecule is CC.O=C(/C=C/c1ccccc1)OCC1CC2C=CC1C2. The van der Waals surface area contributed by atoms with Gasteiger partial charge in [0.15, 0.2) is 0 Å². The third kappa shape index (κ3) is 4.32. The van der Waals surface area contributed by atoms with Gasteiger partial charge in [0, 0.05) is 6.08 Å². The topological polar surface area (TPSA) is 26.3 Å². The normalized spacial score (nSPS) is 25.7. The van der Waals surface area contributed by atoms with E-state index in [1.165, 1.54) is 18.9 Å². The number of fused-ring (bicyclic) bond motifs is 2. The van der Waals surface area contributed by atoms with Crippen LogP contribution in [0.4, 0.5) is 0 Å². The van der Waals surface area contributed by atoms with Crippen LogP contribution < -0.4 is 0 Å². The smallest absolute Gasteiger partial charge is 0.330 e. The summed E-state index contributed by atoms with van der Waals surface area (Å²) in [5.74, 6) is 1.66. The van der Waals surface area contributed by atoms with Crippen molar-refractivity contribution >= 4 is 12.0 Å². The van der Waals surface area contributed by atoms with Crippen LogP contribution in [0.3, 0.4) is 0 Å². The molecule has 0 heterocycles. The van der Waals surface area contributed by atoms with Gasteiger partial charge in [0.2, 0.25) is 0 Å². The fourth-order valence-corrected chi connectivity index (χ4v) is 3.05. The van der Waals surface area contributed by atoms with Gasteiger partial charge in [-0.3, -0.25) is 0 Å². The molecule has 3 rings (SSSR count). The Morgan fingerprint density at radius 2 is 1.95 bits per heavy atom. The summed E-state index contributed by atoms with van der Waals surface area (Å²) in [5, 5.41) is 0. The van der Waals surface area contributed by atoms with E-state index in [0.29, 0.717) is 18.4 Å². The fourth-order valence-electron chi connectivity index (χ4n) is 3.05. The Balaban J connectivity index is 0.000000774. The molecule has 3 atom stereocenters. The van der Waals surface area contributed by atoms with Crippen LogP contribution in [-0.4, -0.2) is 12.6 Å². The third-order valence-electron chi connectivity index (χ3n) is 4.07. The summed E-state index contributed by atoms with van der Waals surface area (Å²) in [6.45, 7) is 4.56. The van der Waals surface area contributed by atoms with Crippen molar-refractivity contribution in [1.82, 2.24) is 0 Å². The third-order valence-corrected chi connectivity index (χ3v) is 4.07. The zero-order valence-electron chi connectivity index (χ0n) is 12.9. The van der Waals surface area contributed by atoms with Gasteiger partial charge in [0.05, 0.1) is 6.61 Å². The molecule has 0 amide bonds. The molecule has 1 saturated carbocycles. The van der Waals surface area contributed by atoms with Crippen LogP contribution in [0.2, 0.25) is 0 Å². The molecule has 2 aliphatic rings. The molecule has 2 bridgehead atoms. The van der Waals surface area contributed by atoms with Gasteiger partial charge in [0.1, 0.15) is 0 Å². The molecule has 1 aromatic carbocycles. The molecule has 0 aliphatic heterocycles. The Hall–Kier alpha value is -1.83.